The van der Waals surface area contributed by atoms with E-state index in [4.69, 9.17) is 0 Å². The molecule has 0 aliphatic heterocycles. The van der Waals surface area contributed by atoms with Gasteiger partial charge in [-0.25, -0.2) is 0 Å². The highest BCUT2D eigenvalue weighted by molar-refractivity contribution is 6.59. The molecule has 1 aromatic heterocycles. The predicted molar refractivity (Wildman–Crippen MR) is 59.1 cm³/mol. The fourth-order valence-corrected chi connectivity index (χ4v) is 2.58. The van der Waals surface area contributed by atoms with Gasteiger partial charge in [0.25, 0.3) is 0 Å². The summed E-state index contributed by atoms with van der Waals surface area (Å²) in [6.45, 7) is 6.96. The summed E-state index contributed by atoms with van der Waals surface area (Å²) >= 11 is 0. The Kier molecular flexibility index (Phi) is 3.02. The third-order valence-electron chi connectivity index (χ3n) is 2.79. The number of pyridine rings is 1. The Bertz CT molecular complexity index is 351. The SMILES string of the molecule is Cc1cncc(C)c1C(C)(C)[Si](O)(O)O. The van der Waals surface area contributed by atoms with Gasteiger partial charge < -0.3 is 14.4 Å². The van der Waals surface area contributed by atoms with Gasteiger partial charge in [-0.05, 0) is 30.5 Å². The highest BCUT2D eigenvalue weighted by Crippen LogP contribution is 2.33. The van der Waals surface area contributed by atoms with E-state index in [0.717, 1.165) is 16.7 Å². The van der Waals surface area contributed by atoms with Crippen molar-refractivity contribution in [2.75, 3.05) is 0 Å². The van der Waals surface area contributed by atoms with Crippen molar-refractivity contribution < 1.29 is 14.4 Å². The fraction of sp³-hybridized carbons (Fsp3) is 0.500. The van der Waals surface area contributed by atoms with Gasteiger partial charge in [-0.2, -0.15) is 0 Å². The van der Waals surface area contributed by atoms with Gasteiger partial charge >= 0.3 is 8.80 Å². The van der Waals surface area contributed by atoms with E-state index in [0.29, 0.717) is 0 Å². The lowest BCUT2D eigenvalue weighted by molar-refractivity contribution is 0.189. The molecule has 15 heavy (non-hydrogen) atoms. The van der Waals surface area contributed by atoms with Crippen LogP contribution in [0.5, 0.6) is 0 Å². The highest BCUT2D eigenvalue weighted by atomic mass is 28.4. The second kappa shape index (κ2) is 3.68. The molecule has 4 nitrogen and oxygen atoms in total. The van der Waals surface area contributed by atoms with Gasteiger partial charge in [0.1, 0.15) is 0 Å². The molecule has 0 fully saturated rings. The van der Waals surface area contributed by atoms with Crippen molar-refractivity contribution in [1.82, 2.24) is 4.98 Å². The summed E-state index contributed by atoms with van der Waals surface area (Å²) in [6, 6.07) is 0. The zero-order valence-electron chi connectivity index (χ0n) is 9.44. The van der Waals surface area contributed by atoms with E-state index < -0.39 is 13.8 Å². The van der Waals surface area contributed by atoms with Crippen LogP contribution in [0, 0.1) is 13.8 Å². The lowest BCUT2D eigenvalue weighted by atomic mass is 9.94. The first-order valence-corrected chi connectivity index (χ1v) is 6.61. The zero-order chi connectivity index (χ0) is 11.9. The molecule has 0 radical (unpaired) electrons. The molecule has 1 rings (SSSR count). The third-order valence-corrected chi connectivity index (χ3v) is 4.72. The van der Waals surface area contributed by atoms with Crippen LogP contribution in [-0.4, -0.2) is 28.2 Å². The Morgan fingerprint density at radius 2 is 1.47 bits per heavy atom. The molecule has 3 N–H and O–H groups in total. The molecule has 0 saturated heterocycles. The molecule has 0 bridgehead atoms. The van der Waals surface area contributed by atoms with Crippen molar-refractivity contribution in [2.24, 2.45) is 0 Å². The van der Waals surface area contributed by atoms with Crippen LogP contribution < -0.4 is 0 Å². The van der Waals surface area contributed by atoms with Crippen LogP contribution in [0.1, 0.15) is 30.5 Å². The van der Waals surface area contributed by atoms with Gasteiger partial charge in [0.05, 0.1) is 5.04 Å². The quantitative estimate of drug-likeness (QED) is 0.641. The highest BCUT2D eigenvalue weighted by Gasteiger charge is 2.49. The van der Waals surface area contributed by atoms with E-state index in [1.807, 2.05) is 13.8 Å². The minimum Gasteiger partial charge on any atom is -0.389 e. The van der Waals surface area contributed by atoms with E-state index in [1.165, 1.54) is 0 Å². The first-order valence-electron chi connectivity index (χ1n) is 4.76. The molecule has 0 aliphatic rings. The van der Waals surface area contributed by atoms with Crippen LogP contribution >= 0.6 is 0 Å². The van der Waals surface area contributed by atoms with Crippen molar-refractivity contribution in [3.8, 4) is 0 Å². The van der Waals surface area contributed by atoms with E-state index in [2.05, 4.69) is 4.98 Å². The maximum Gasteiger partial charge on any atom is 0.503 e. The minimum atomic E-state index is -4.22. The average molecular weight is 227 g/mol. The standard InChI is InChI=1S/C10H17NO3Si/c1-7-5-11-6-8(2)9(7)10(3,4)15(12,13)14/h5-6,12-14H,1-4H3. The van der Waals surface area contributed by atoms with Crippen LogP contribution in [-0.2, 0) is 5.04 Å². The summed E-state index contributed by atoms with van der Waals surface area (Å²) in [4.78, 5) is 32.4. The largest absolute Gasteiger partial charge is 0.503 e. The van der Waals surface area contributed by atoms with E-state index in [1.54, 1.807) is 26.2 Å². The lowest BCUT2D eigenvalue weighted by Gasteiger charge is -2.32. The first-order chi connectivity index (χ1) is 6.68. The second-order valence-electron chi connectivity index (χ2n) is 4.41. The number of aryl methyl sites for hydroxylation is 2. The number of rotatable bonds is 2. The molecule has 5 heteroatoms. The Balaban J connectivity index is 3.39. The smallest absolute Gasteiger partial charge is 0.389 e. The van der Waals surface area contributed by atoms with Gasteiger partial charge in [-0.1, -0.05) is 13.8 Å². The lowest BCUT2D eigenvalue weighted by Crippen LogP contribution is -2.54. The van der Waals surface area contributed by atoms with Crippen LogP contribution in [0.25, 0.3) is 0 Å². The van der Waals surface area contributed by atoms with Crippen molar-refractivity contribution in [3.05, 3.63) is 29.1 Å². The van der Waals surface area contributed by atoms with Gasteiger partial charge in [0.15, 0.2) is 0 Å². The Hall–Kier alpha value is -0.753. The molecule has 0 amide bonds. The topological polar surface area (TPSA) is 73.6 Å². The van der Waals surface area contributed by atoms with Gasteiger partial charge in [-0.3, -0.25) is 4.98 Å². The van der Waals surface area contributed by atoms with Crippen molar-refractivity contribution in [1.29, 1.82) is 0 Å². The maximum absolute atomic E-state index is 9.48. The van der Waals surface area contributed by atoms with Crippen LogP contribution in [0.15, 0.2) is 12.4 Å². The zero-order valence-corrected chi connectivity index (χ0v) is 10.4. The number of hydrogen-bond acceptors (Lipinski definition) is 4. The van der Waals surface area contributed by atoms with Gasteiger partial charge in [0.2, 0.25) is 0 Å². The van der Waals surface area contributed by atoms with Crippen molar-refractivity contribution in [2.45, 2.75) is 32.7 Å². The maximum atomic E-state index is 9.48. The molecule has 1 heterocycles. The predicted octanol–water partition coefficient (Wildman–Crippen LogP) is 0.431. The van der Waals surface area contributed by atoms with Crippen molar-refractivity contribution >= 4 is 8.80 Å². The first kappa shape index (κ1) is 12.3. The second-order valence-corrected chi connectivity index (χ2v) is 6.93. The Morgan fingerprint density at radius 3 is 1.80 bits per heavy atom. The Labute approximate surface area is 90.6 Å². The molecule has 0 aliphatic carbocycles. The van der Waals surface area contributed by atoms with E-state index in [9.17, 15) is 14.4 Å². The minimum absolute atomic E-state index is 0.761. The number of hydrogen-bond donors (Lipinski definition) is 3. The van der Waals surface area contributed by atoms with Crippen LogP contribution in [0.3, 0.4) is 0 Å². The molecular weight excluding hydrogens is 210 g/mol. The Morgan fingerprint density at radius 1 is 1.07 bits per heavy atom. The summed E-state index contributed by atoms with van der Waals surface area (Å²) in [5.74, 6) is 0. The van der Waals surface area contributed by atoms with Gasteiger partial charge in [0, 0.05) is 12.4 Å². The van der Waals surface area contributed by atoms with E-state index >= 15 is 0 Å². The molecule has 0 atom stereocenters. The summed E-state index contributed by atoms with van der Waals surface area (Å²) in [6.07, 6.45) is 3.31. The summed E-state index contributed by atoms with van der Waals surface area (Å²) in [5.41, 5.74) is 2.47. The summed E-state index contributed by atoms with van der Waals surface area (Å²) in [7, 11) is -4.22. The average Bonchev–Trinajstić information content (AvgIpc) is 2.00. The molecule has 0 spiro atoms. The summed E-state index contributed by atoms with van der Waals surface area (Å²) in [5, 5.41) is -1.02. The molecule has 1 aromatic rings. The van der Waals surface area contributed by atoms with Gasteiger partial charge in [-0.15, -0.1) is 0 Å². The van der Waals surface area contributed by atoms with Crippen molar-refractivity contribution in [3.63, 3.8) is 0 Å². The monoisotopic (exact) mass is 227 g/mol. The molecule has 0 saturated carbocycles. The number of aromatic nitrogens is 1. The molecular formula is C10H17NO3Si. The fourth-order valence-electron chi connectivity index (χ4n) is 1.85. The molecule has 0 unspecified atom stereocenters. The molecule has 0 aromatic carbocycles. The molecule has 84 valence electrons. The third kappa shape index (κ3) is 2.10. The normalized spacial score (nSPS) is 13.0. The van der Waals surface area contributed by atoms with E-state index in [-0.39, 0.29) is 0 Å². The summed E-state index contributed by atoms with van der Waals surface area (Å²) < 4.78 is 0. The number of nitrogens with zero attached hydrogens (tertiary/aromatic N) is 1. The van der Waals surface area contributed by atoms with Crippen LogP contribution in [0.4, 0.5) is 0 Å². The van der Waals surface area contributed by atoms with Crippen LogP contribution in [0.2, 0.25) is 0 Å².